The summed E-state index contributed by atoms with van der Waals surface area (Å²) in [6.07, 6.45) is 1.73. The highest BCUT2D eigenvalue weighted by atomic mass is 35.5. The van der Waals surface area contributed by atoms with Crippen LogP contribution < -0.4 is 10.5 Å². The number of pyridine rings is 1. The Morgan fingerprint density at radius 2 is 2.10 bits per heavy atom. The van der Waals surface area contributed by atoms with Crippen LogP contribution in [0, 0.1) is 6.92 Å². The molecule has 0 spiro atoms. The Balaban J connectivity index is 2.35. The largest absolute Gasteiger partial charge is 0.497 e. The first-order valence-electron chi connectivity index (χ1n) is 6.05. The van der Waals surface area contributed by atoms with Crippen LogP contribution in [0.4, 0.5) is 5.95 Å². The Morgan fingerprint density at radius 1 is 1.30 bits per heavy atom. The highest BCUT2D eigenvalue weighted by Gasteiger charge is 2.15. The molecular weight excluding hydrogens is 276 g/mol. The molecule has 2 aromatic heterocycles. The van der Waals surface area contributed by atoms with Crippen molar-refractivity contribution in [1.29, 1.82) is 0 Å². The predicted molar refractivity (Wildman–Crippen MR) is 79.6 cm³/mol. The first-order chi connectivity index (χ1) is 9.61. The highest BCUT2D eigenvalue weighted by Crippen LogP contribution is 2.30. The van der Waals surface area contributed by atoms with Crippen LogP contribution in [-0.4, -0.2) is 21.6 Å². The van der Waals surface area contributed by atoms with Gasteiger partial charge in [-0.1, -0.05) is 11.6 Å². The number of ether oxygens (including phenoxy) is 1. The van der Waals surface area contributed by atoms with E-state index >= 15 is 0 Å². The highest BCUT2D eigenvalue weighted by molar-refractivity contribution is 6.32. The summed E-state index contributed by atoms with van der Waals surface area (Å²) in [4.78, 5) is 8.72. The van der Waals surface area contributed by atoms with Crippen molar-refractivity contribution < 1.29 is 4.74 Å². The molecule has 0 bridgehead atoms. The van der Waals surface area contributed by atoms with E-state index in [1.54, 1.807) is 30.0 Å². The molecule has 20 heavy (non-hydrogen) atoms. The number of nitrogens with zero attached hydrogens (tertiary/aromatic N) is 3. The minimum atomic E-state index is 0.344. The summed E-state index contributed by atoms with van der Waals surface area (Å²) in [6.45, 7) is 1.97. The second-order valence-electron chi connectivity index (χ2n) is 4.42. The van der Waals surface area contributed by atoms with Crippen molar-refractivity contribution in [3.05, 3.63) is 41.0 Å². The van der Waals surface area contributed by atoms with Gasteiger partial charge in [-0.3, -0.25) is 4.57 Å². The molecule has 0 aliphatic rings. The fraction of sp³-hybridized carbons (Fsp3) is 0.143. The van der Waals surface area contributed by atoms with Gasteiger partial charge in [0.15, 0.2) is 5.65 Å². The van der Waals surface area contributed by atoms with Gasteiger partial charge >= 0.3 is 0 Å². The summed E-state index contributed by atoms with van der Waals surface area (Å²) in [6, 6.07) is 7.26. The maximum Gasteiger partial charge on any atom is 0.207 e. The number of imidazole rings is 1. The van der Waals surface area contributed by atoms with E-state index in [2.05, 4.69) is 9.97 Å². The van der Waals surface area contributed by atoms with Crippen LogP contribution in [0.25, 0.3) is 16.9 Å². The Kier molecular flexibility index (Phi) is 2.99. The third-order valence-corrected chi connectivity index (χ3v) is 3.49. The van der Waals surface area contributed by atoms with Crippen molar-refractivity contribution in [2.45, 2.75) is 6.92 Å². The van der Waals surface area contributed by atoms with Gasteiger partial charge in [0, 0.05) is 12.3 Å². The van der Waals surface area contributed by atoms with Crippen molar-refractivity contribution in [3.8, 4) is 11.4 Å². The maximum atomic E-state index is 6.27. The summed E-state index contributed by atoms with van der Waals surface area (Å²) in [5.74, 6) is 1.04. The van der Waals surface area contributed by atoms with Gasteiger partial charge in [0.05, 0.1) is 17.8 Å². The smallest absolute Gasteiger partial charge is 0.207 e. The van der Waals surface area contributed by atoms with Gasteiger partial charge in [0.25, 0.3) is 0 Å². The van der Waals surface area contributed by atoms with Gasteiger partial charge in [-0.25, -0.2) is 9.97 Å². The van der Waals surface area contributed by atoms with Crippen LogP contribution in [-0.2, 0) is 0 Å². The van der Waals surface area contributed by atoms with Crippen LogP contribution in [0.2, 0.25) is 5.02 Å². The Bertz CT molecular complexity index is 797. The molecule has 3 aromatic rings. The molecule has 2 N–H and O–H groups in total. The average molecular weight is 289 g/mol. The lowest BCUT2D eigenvalue weighted by Crippen LogP contribution is -2.02. The fourth-order valence-corrected chi connectivity index (χ4v) is 2.34. The van der Waals surface area contributed by atoms with Crippen molar-refractivity contribution in [3.63, 3.8) is 0 Å². The monoisotopic (exact) mass is 288 g/mol. The van der Waals surface area contributed by atoms with Crippen LogP contribution in [0.5, 0.6) is 5.75 Å². The van der Waals surface area contributed by atoms with Crippen LogP contribution in [0.15, 0.2) is 30.5 Å². The van der Waals surface area contributed by atoms with E-state index in [0.717, 1.165) is 11.1 Å². The van der Waals surface area contributed by atoms with Crippen molar-refractivity contribution in [1.82, 2.24) is 14.5 Å². The van der Waals surface area contributed by atoms with Crippen LogP contribution >= 0.6 is 11.6 Å². The Labute approximate surface area is 121 Å². The molecule has 2 heterocycles. The number of aromatic nitrogens is 3. The van der Waals surface area contributed by atoms with Gasteiger partial charge in [0.1, 0.15) is 11.3 Å². The quantitative estimate of drug-likeness (QED) is 0.787. The number of nitrogen functional groups attached to an aromatic ring is 1. The summed E-state index contributed by atoms with van der Waals surface area (Å²) >= 11 is 6.27. The van der Waals surface area contributed by atoms with Gasteiger partial charge in [0.2, 0.25) is 5.95 Å². The van der Waals surface area contributed by atoms with Gasteiger partial charge < -0.3 is 10.5 Å². The lowest BCUT2D eigenvalue weighted by Gasteiger charge is -2.10. The molecule has 1 aromatic carbocycles. The first kappa shape index (κ1) is 12.7. The summed E-state index contributed by atoms with van der Waals surface area (Å²) in [7, 11) is 1.60. The number of methoxy groups -OCH3 is 1. The second-order valence-corrected chi connectivity index (χ2v) is 4.83. The molecule has 0 atom stereocenters. The molecule has 0 unspecified atom stereocenters. The number of rotatable bonds is 2. The number of halogens is 1. The standard InChI is InChI=1S/C14H13ClN4O/c1-8-5-6-17-13-12(8)18-14(16)19(13)11-7-9(20-2)3-4-10(11)15/h3-7H,1-2H3,(H2,16,18). The minimum absolute atomic E-state index is 0.344. The van der Waals surface area contributed by atoms with E-state index in [9.17, 15) is 0 Å². The van der Waals surface area contributed by atoms with Gasteiger partial charge in [-0.15, -0.1) is 0 Å². The van der Waals surface area contributed by atoms with E-state index in [0.29, 0.717) is 28.1 Å². The van der Waals surface area contributed by atoms with E-state index in [1.165, 1.54) is 0 Å². The van der Waals surface area contributed by atoms with E-state index in [4.69, 9.17) is 22.1 Å². The number of hydrogen-bond acceptors (Lipinski definition) is 4. The lowest BCUT2D eigenvalue weighted by molar-refractivity contribution is 0.414. The Hall–Kier alpha value is -2.27. The third-order valence-electron chi connectivity index (χ3n) is 3.17. The molecule has 0 fully saturated rings. The molecule has 0 radical (unpaired) electrons. The number of hydrogen-bond donors (Lipinski definition) is 1. The summed E-state index contributed by atoms with van der Waals surface area (Å²) in [5.41, 5.74) is 9.18. The third kappa shape index (κ3) is 1.87. The van der Waals surface area contributed by atoms with Crippen LogP contribution in [0.1, 0.15) is 5.56 Å². The molecule has 0 amide bonds. The summed E-state index contributed by atoms with van der Waals surface area (Å²) in [5, 5.41) is 0.556. The number of aryl methyl sites for hydroxylation is 1. The molecule has 5 nitrogen and oxygen atoms in total. The second kappa shape index (κ2) is 4.68. The summed E-state index contributed by atoms with van der Waals surface area (Å²) < 4.78 is 6.96. The van der Waals surface area contributed by atoms with Crippen LogP contribution in [0.3, 0.4) is 0 Å². The zero-order valence-electron chi connectivity index (χ0n) is 11.1. The number of fused-ring (bicyclic) bond motifs is 1. The number of nitrogens with two attached hydrogens (primary N) is 1. The van der Waals surface area contributed by atoms with E-state index < -0.39 is 0 Å². The number of anilines is 1. The van der Waals surface area contributed by atoms with Crippen molar-refractivity contribution >= 4 is 28.7 Å². The first-order valence-corrected chi connectivity index (χ1v) is 6.43. The molecule has 3 rings (SSSR count). The van der Waals surface area contributed by atoms with Gasteiger partial charge in [-0.2, -0.15) is 0 Å². The zero-order chi connectivity index (χ0) is 14.3. The predicted octanol–water partition coefficient (Wildman–Crippen LogP) is 2.97. The lowest BCUT2D eigenvalue weighted by atomic mass is 10.2. The molecule has 102 valence electrons. The molecule has 6 heteroatoms. The molecule has 0 aliphatic heterocycles. The van der Waals surface area contributed by atoms with Gasteiger partial charge in [-0.05, 0) is 30.7 Å². The molecular formula is C14H13ClN4O. The zero-order valence-corrected chi connectivity index (χ0v) is 11.8. The SMILES string of the molecule is COc1ccc(Cl)c(-n2c(N)nc3c(C)ccnc32)c1. The van der Waals surface area contributed by atoms with Crippen molar-refractivity contribution in [2.24, 2.45) is 0 Å². The van der Waals surface area contributed by atoms with E-state index in [1.807, 2.05) is 19.1 Å². The number of benzene rings is 1. The minimum Gasteiger partial charge on any atom is -0.497 e. The normalized spacial score (nSPS) is 10.9. The topological polar surface area (TPSA) is 66.0 Å². The maximum absolute atomic E-state index is 6.27. The average Bonchev–Trinajstić information content (AvgIpc) is 2.77. The van der Waals surface area contributed by atoms with E-state index in [-0.39, 0.29) is 0 Å². The fourth-order valence-electron chi connectivity index (χ4n) is 2.14. The molecule has 0 saturated carbocycles. The Morgan fingerprint density at radius 3 is 2.85 bits per heavy atom. The molecule has 0 aliphatic carbocycles. The van der Waals surface area contributed by atoms with Crippen molar-refractivity contribution in [2.75, 3.05) is 12.8 Å². The molecule has 0 saturated heterocycles.